The Balaban J connectivity index is 4.81. The van der Waals surface area contributed by atoms with Gasteiger partial charge in [-0.3, -0.25) is 14.4 Å². The van der Waals surface area contributed by atoms with Gasteiger partial charge in [0.15, 0.2) is 0 Å². The second-order valence-electron chi connectivity index (χ2n) is 9.21. The van der Waals surface area contributed by atoms with Crippen LogP contribution in [0.5, 0.6) is 0 Å². The van der Waals surface area contributed by atoms with Crippen LogP contribution in [0.2, 0.25) is 12.6 Å². The van der Waals surface area contributed by atoms with Crippen LogP contribution in [-0.2, 0) is 37.4 Å². The molecule has 0 atom stereocenters. The third kappa shape index (κ3) is 18.8. The van der Waals surface area contributed by atoms with E-state index in [-0.39, 0.29) is 44.1 Å². The zero-order valence-corrected chi connectivity index (χ0v) is 27.8. The van der Waals surface area contributed by atoms with E-state index in [9.17, 15) is 14.4 Å². The van der Waals surface area contributed by atoms with E-state index in [1.807, 2.05) is 13.5 Å². The van der Waals surface area contributed by atoms with Crippen molar-refractivity contribution in [2.45, 2.75) is 71.9 Å². The lowest BCUT2D eigenvalue weighted by Crippen LogP contribution is -2.39. The van der Waals surface area contributed by atoms with Gasteiger partial charge in [-0.1, -0.05) is 20.8 Å². The topological polar surface area (TPSA) is 97.4 Å². The molecule has 0 aromatic carbocycles. The van der Waals surface area contributed by atoms with Gasteiger partial charge in [0.1, 0.15) is 19.8 Å². The van der Waals surface area contributed by atoms with E-state index in [4.69, 9.17) is 23.1 Å². The van der Waals surface area contributed by atoms with Crippen LogP contribution < -0.4 is 0 Å². The Morgan fingerprint density at radius 3 is 1.32 bits per heavy atom. The molecule has 8 nitrogen and oxygen atoms in total. The average molecular weight is 615 g/mol. The molecule has 12 heteroatoms. The van der Waals surface area contributed by atoms with E-state index in [2.05, 4.69) is 13.8 Å². The molecule has 224 valence electrons. The first-order valence-corrected chi connectivity index (χ1v) is 19.5. The summed E-state index contributed by atoms with van der Waals surface area (Å²) >= 11 is 5.10. The first kappa shape index (κ1) is 37.6. The highest BCUT2D eigenvalue weighted by Crippen LogP contribution is 2.25. The Morgan fingerprint density at radius 2 is 1.00 bits per heavy atom. The number of thioether (sulfide) groups is 3. The largest absolute Gasteiger partial charge is 0.465 e. The minimum Gasteiger partial charge on any atom is -0.465 e. The lowest BCUT2D eigenvalue weighted by Gasteiger charge is -2.31. The summed E-state index contributed by atoms with van der Waals surface area (Å²) in [6.07, 6.45) is 3.57. The van der Waals surface area contributed by atoms with E-state index in [1.165, 1.54) is 0 Å². The Bertz CT molecular complexity index is 622. The molecule has 0 aliphatic heterocycles. The predicted molar refractivity (Wildman–Crippen MR) is 162 cm³/mol. The van der Waals surface area contributed by atoms with Crippen LogP contribution in [0.3, 0.4) is 0 Å². The van der Waals surface area contributed by atoms with Gasteiger partial charge in [0.2, 0.25) is 0 Å². The zero-order chi connectivity index (χ0) is 28.7. The monoisotopic (exact) mass is 614 g/mol. The van der Waals surface area contributed by atoms with E-state index >= 15 is 0 Å². The minimum atomic E-state index is -2.11. The summed E-state index contributed by atoms with van der Waals surface area (Å²) in [5.41, 5.74) is -0.772. The van der Waals surface area contributed by atoms with Gasteiger partial charge >= 0.3 is 26.5 Å². The SMILES string of the molecule is CCCSCCC(=O)OCC(CC)(COC(=O)CCSCCC)COC(=O)CCSCC[Si](C)(OC)OC. The molecule has 0 saturated carbocycles. The van der Waals surface area contributed by atoms with E-state index in [0.717, 1.165) is 36.1 Å². The van der Waals surface area contributed by atoms with Gasteiger partial charge in [0.05, 0.1) is 24.7 Å². The van der Waals surface area contributed by atoms with Gasteiger partial charge in [-0.05, 0) is 49.1 Å². The number of carbonyl (C=O) groups is 3. The molecule has 0 bridgehead atoms. The summed E-state index contributed by atoms with van der Waals surface area (Å²) < 4.78 is 27.7. The summed E-state index contributed by atoms with van der Waals surface area (Å²) in [6.45, 7) is 8.25. The van der Waals surface area contributed by atoms with Crippen molar-refractivity contribution >= 4 is 61.8 Å². The van der Waals surface area contributed by atoms with Crippen molar-refractivity contribution < 1.29 is 37.4 Å². The smallest absolute Gasteiger partial charge is 0.335 e. The molecule has 0 unspecified atom stereocenters. The van der Waals surface area contributed by atoms with Crippen LogP contribution in [0.1, 0.15) is 59.3 Å². The highest BCUT2D eigenvalue weighted by atomic mass is 32.2. The minimum absolute atomic E-state index is 0.0288. The Kier molecular flexibility index (Phi) is 23.1. The van der Waals surface area contributed by atoms with E-state index in [0.29, 0.717) is 36.5 Å². The highest BCUT2D eigenvalue weighted by molar-refractivity contribution is 7.99. The quantitative estimate of drug-likeness (QED) is 0.0559. The third-order valence-electron chi connectivity index (χ3n) is 5.98. The van der Waals surface area contributed by atoms with Gasteiger partial charge in [-0.25, -0.2) is 0 Å². The lowest BCUT2D eigenvalue weighted by atomic mass is 9.88. The molecular weight excluding hydrogens is 565 g/mol. The van der Waals surface area contributed by atoms with Crippen molar-refractivity contribution in [2.75, 3.05) is 68.6 Å². The Hall–Kier alpha value is -0.403. The first-order chi connectivity index (χ1) is 18.2. The van der Waals surface area contributed by atoms with Crippen LogP contribution in [0.4, 0.5) is 0 Å². The highest BCUT2D eigenvalue weighted by Gasteiger charge is 2.34. The fraction of sp³-hybridized carbons (Fsp3) is 0.885. The lowest BCUT2D eigenvalue weighted by molar-refractivity contribution is -0.161. The van der Waals surface area contributed by atoms with Gasteiger partial charge in [0, 0.05) is 31.5 Å². The molecule has 0 rings (SSSR count). The van der Waals surface area contributed by atoms with Crippen LogP contribution >= 0.6 is 35.3 Å². The summed E-state index contributed by atoms with van der Waals surface area (Å²) in [7, 11) is 1.23. The molecule has 0 amide bonds. The Morgan fingerprint density at radius 1 is 0.632 bits per heavy atom. The number of ether oxygens (including phenoxy) is 3. The molecule has 0 heterocycles. The van der Waals surface area contributed by atoms with Gasteiger partial charge in [0.25, 0.3) is 0 Å². The molecule has 0 aromatic rings. The maximum absolute atomic E-state index is 12.5. The van der Waals surface area contributed by atoms with Gasteiger partial charge in [-0.15, -0.1) is 0 Å². The summed E-state index contributed by atoms with van der Waals surface area (Å²) in [5.74, 6) is 4.00. The van der Waals surface area contributed by atoms with E-state index < -0.39 is 14.0 Å². The number of carbonyl (C=O) groups excluding carboxylic acids is 3. The second-order valence-corrected chi connectivity index (χ2v) is 16.5. The van der Waals surface area contributed by atoms with Gasteiger partial charge in [-0.2, -0.15) is 35.3 Å². The van der Waals surface area contributed by atoms with Crippen molar-refractivity contribution in [3.05, 3.63) is 0 Å². The van der Waals surface area contributed by atoms with Crippen LogP contribution in [0, 0.1) is 5.41 Å². The van der Waals surface area contributed by atoms with Crippen molar-refractivity contribution in [3.63, 3.8) is 0 Å². The maximum Gasteiger partial charge on any atom is 0.335 e. The third-order valence-corrected chi connectivity index (χ3v) is 12.6. The molecule has 0 aromatic heterocycles. The summed E-state index contributed by atoms with van der Waals surface area (Å²) in [4.78, 5) is 37.0. The molecule has 0 radical (unpaired) electrons. The van der Waals surface area contributed by atoms with Crippen LogP contribution in [0.25, 0.3) is 0 Å². The second kappa shape index (κ2) is 23.3. The maximum atomic E-state index is 12.5. The molecule has 0 aliphatic rings. The van der Waals surface area contributed by atoms with Crippen molar-refractivity contribution in [3.8, 4) is 0 Å². The van der Waals surface area contributed by atoms with Gasteiger partial charge < -0.3 is 23.1 Å². The van der Waals surface area contributed by atoms with Crippen LogP contribution in [0.15, 0.2) is 0 Å². The predicted octanol–water partition coefficient (Wildman–Crippen LogP) is 5.57. The molecule has 0 fully saturated rings. The standard InChI is InChI=1S/C26H50O8S3Si/c1-7-13-35-15-10-23(27)32-20-26(9-3,21-33-24(28)11-16-36-14-8-2)22-34-25(29)12-17-37-18-19-38(6,30-4)31-5/h7-22H2,1-6H3. The number of hydrogen-bond acceptors (Lipinski definition) is 11. The number of hydrogen-bond donors (Lipinski definition) is 0. The molecular formula is C26H50O8S3Si. The number of rotatable bonds is 25. The van der Waals surface area contributed by atoms with Crippen molar-refractivity contribution in [1.82, 2.24) is 0 Å². The zero-order valence-electron chi connectivity index (χ0n) is 24.3. The fourth-order valence-electron chi connectivity index (χ4n) is 2.95. The molecule has 0 spiro atoms. The normalized spacial score (nSPS) is 11.8. The van der Waals surface area contributed by atoms with Crippen molar-refractivity contribution in [2.24, 2.45) is 5.41 Å². The summed E-state index contributed by atoms with van der Waals surface area (Å²) in [5, 5.41) is 0. The molecule has 38 heavy (non-hydrogen) atoms. The molecule has 0 aliphatic carbocycles. The number of esters is 3. The van der Waals surface area contributed by atoms with E-state index in [1.54, 1.807) is 49.5 Å². The summed E-state index contributed by atoms with van der Waals surface area (Å²) in [6, 6.07) is 0.837. The Labute approximate surface area is 244 Å². The molecule has 0 saturated heterocycles. The first-order valence-electron chi connectivity index (χ1n) is 13.5. The average Bonchev–Trinajstić information content (AvgIpc) is 2.93. The fourth-order valence-corrected chi connectivity index (χ4v) is 7.71. The van der Waals surface area contributed by atoms with Crippen LogP contribution in [-0.4, -0.2) is 95.0 Å². The van der Waals surface area contributed by atoms with Crippen molar-refractivity contribution in [1.29, 1.82) is 0 Å². The molecule has 0 N–H and O–H groups in total.